The third-order valence-electron chi connectivity index (χ3n) is 3.86. The number of anilines is 1. The highest BCUT2D eigenvalue weighted by Crippen LogP contribution is 2.26. The summed E-state index contributed by atoms with van der Waals surface area (Å²) < 4.78 is 2.24. The molecule has 1 aliphatic rings. The van der Waals surface area contributed by atoms with Gasteiger partial charge in [-0.25, -0.2) is 0 Å². The van der Waals surface area contributed by atoms with E-state index in [0.717, 1.165) is 23.5 Å². The molecule has 4 rings (SSSR count). The quantitative estimate of drug-likeness (QED) is 0.663. The third-order valence-corrected chi connectivity index (χ3v) is 3.86. The van der Waals surface area contributed by atoms with E-state index in [4.69, 9.17) is 0 Å². The highest BCUT2D eigenvalue weighted by Gasteiger charge is 2.17. The van der Waals surface area contributed by atoms with Gasteiger partial charge in [0, 0.05) is 23.4 Å². The van der Waals surface area contributed by atoms with Crippen molar-refractivity contribution in [3.05, 3.63) is 65.9 Å². The van der Waals surface area contributed by atoms with Gasteiger partial charge in [0.15, 0.2) is 0 Å². The van der Waals surface area contributed by atoms with Crippen LogP contribution in [0.2, 0.25) is 0 Å². The van der Waals surface area contributed by atoms with E-state index in [0.29, 0.717) is 6.42 Å². The lowest BCUT2D eigenvalue weighted by molar-refractivity contribution is -0.115. The van der Waals surface area contributed by atoms with Crippen LogP contribution in [0.25, 0.3) is 10.9 Å². The van der Waals surface area contributed by atoms with Crippen LogP contribution >= 0.6 is 0 Å². The molecule has 1 N–H and O–H groups in total. The zero-order valence-corrected chi connectivity index (χ0v) is 11.0. The lowest BCUT2D eigenvalue weighted by atomic mass is 10.1. The van der Waals surface area contributed by atoms with Crippen molar-refractivity contribution in [2.45, 2.75) is 13.0 Å². The maximum absolute atomic E-state index is 12.1. The van der Waals surface area contributed by atoms with E-state index in [-0.39, 0.29) is 5.91 Å². The number of nitrogens with one attached hydrogen (secondary N) is 1. The SMILES string of the molecule is O=C1Cc2cc3ccccc3n2Cc2ccccc2N1. The monoisotopic (exact) mass is 262 g/mol. The molecule has 0 aliphatic carbocycles. The van der Waals surface area contributed by atoms with Gasteiger partial charge >= 0.3 is 0 Å². The summed E-state index contributed by atoms with van der Waals surface area (Å²) in [5.41, 5.74) is 4.31. The number of hydrogen-bond donors (Lipinski definition) is 1. The van der Waals surface area contributed by atoms with Crippen molar-refractivity contribution < 1.29 is 4.79 Å². The van der Waals surface area contributed by atoms with Crippen molar-refractivity contribution in [2.24, 2.45) is 0 Å². The van der Waals surface area contributed by atoms with Gasteiger partial charge in [0.25, 0.3) is 0 Å². The molecule has 98 valence electrons. The van der Waals surface area contributed by atoms with Gasteiger partial charge in [0.2, 0.25) is 5.91 Å². The van der Waals surface area contributed by atoms with Crippen LogP contribution in [0.4, 0.5) is 5.69 Å². The predicted molar refractivity (Wildman–Crippen MR) is 79.8 cm³/mol. The molecule has 2 aromatic carbocycles. The average molecular weight is 262 g/mol. The number of amides is 1. The molecule has 20 heavy (non-hydrogen) atoms. The highest BCUT2D eigenvalue weighted by atomic mass is 16.1. The maximum Gasteiger partial charge on any atom is 0.230 e. The normalized spacial score (nSPS) is 14.1. The van der Waals surface area contributed by atoms with Crippen LogP contribution in [0, 0.1) is 0 Å². The summed E-state index contributed by atoms with van der Waals surface area (Å²) in [5.74, 6) is 0.0428. The minimum atomic E-state index is 0.0428. The van der Waals surface area contributed by atoms with E-state index in [9.17, 15) is 4.79 Å². The van der Waals surface area contributed by atoms with Crippen molar-refractivity contribution in [1.82, 2.24) is 4.57 Å². The van der Waals surface area contributed by atoms with E-state index >= 15 is 0 Å². The summed E-state index contributed by atoms with van der Waals surface area (Å²) in [7, 11) is 0. The smallest absolute Gasteiger partial charge is 0.230 e. The molecular formula is C17H14N2O. The second-order valence-corrected chi connectivity index (χ2v) is 5.16. The maximum atomic E-state index is 12.1. The molecule has 0 fully saturated rings. The van der Waals surface area contributed by atoms with Crippen LogP contribution in [0.3, 0.4) is 0 Å². The molecule has 0 saturated carbocycles. The van der Waals surface area contributed by atoms with Gasteiger partial charge < -0.3 is 9.88 Å². The Morgan fingerprint density at radius 3 is 2.75 bits per heavy atom. The van der Waals surface area contributed by atoms with Gasteiger partial charge in [0.1, 0.15) is 0 Å². The topological polar surface area (TPSA) is 34.0 Å². The first-order chi connectivity index (χ1) is 9.81. The van der Waals surface area contributed by atoms with Crippen LogP contribution in [0.15, 0.2) is 54.6 Å². The van der Waals surface area contributed by atoms with Gasteiger partial charge in [-0.3, -0.25) is 4.79 Å². The Morgan fingerprint density at radius 1 is 1.00 bits per heavy atom. The first kappa shape index (κ1) is 11.3. The van der Waals surface area contributed by atoms with Crippen molar-refractivity contribution in [1.29, 1.82) is 0 Å². The minimum Gasteiger partial charge on any atom is -0.340 e. The molecule has 2 heterocycles. The first-order valence-electron chi connectivity index (χ1n) is 6.76. The Kier molecular flexibility index (Phi) is 2.39. The summed E-state index contributed by atoms with van der Waals surface area (Å²) >= 11 is 0. The number of para-hydroxylation sites is 2. The number of hydrogen-bond acceptors (Lipinski definition) is 1. The van der Waals surface area contributed by atoms with Crippen LogP contribution in [-0.2, 0) is 17.8 Å². The van der Waals surface area contributed by atoms with Crippen molar-refractivity contribution in [3.63, 3.8) is 0 Å². The van der Waals surface area contributed by atoms with Crippen molar-refractivity contribution in [3.8, 4) is 0 Å². The number of carbonyl (C=O) groups is 1. The third kappa shape index (κ3) is 1.71. The summed E-state index contributed by atoms with van der Waals surface area (Å²) in [5, 5.41) is 4.18. The van der Waals surface area contributed by atoms with E-state index in [2.05, 4.69) is 34.1 Å². The van der Waals surface area contributed by atoms with E-state index in [1.54, 1.807) is 0 Å². The van der Waals surface area contributed by atoms with E-state index < -0.39 is 0 Å². The Bertz CT molecular complexity index is 817. The van der Waals surface area contributed by atoms with Gasteiger partial charge in [-0.05, 0) is 29.1 Å². The summed E-state index contributed by atoms with van der Waals surface area (Å²) in [4.78, 5) is 12.1. The fourth-order valence-corrected chi connectivity index (χ4v) is 2.91. The zero-order valence-electron chi connectivity index (χ0n) is 11.0. The Labute approximate surface area is 116 Å². The van der Waals surface area contributed by atoms with Crippen LogP contribution in [0.5, 0.6) is 0 Å². The number of benzene rings is 2. The van der Waals surface area contributed by atoms with Crippen molar-refractivity contribution >= 4 is 22.5 Å². The molecule has 0 saturated heterocycles. The number of rotatable bonds is 0. The largest absolute Gasteiger partial charge is 0.340 e. The van der Waals surface area contributed by atoms with Crippen LogP contribution in [-0.4, -0.2) is 10.5 Å². The van der Waals surface area contributed by atoms with E-state index in [1.807, 2.05) is 30.3 Å². The second-order valence-electron chi connectivity index (χ2n) is 5.16. The number of fused-ring (bicyclic) bond motifs is 4. The molecule has 0 unspecified atom stereocenters. The molecule has 0 atom stereocenters. The van der Waals surface area contributed by atoms with Gasteiger partial charge in [-0.15, -0.1) is 0 Å². The molecular weight excluding hydrogens is 248 g/mol. The second kappa shape index (κ2) is 4.23. The van der Waals surface area contributed by atoms with Crippen LogP contribution < -0.4 is 5.32 Å². The van der Waals surface area contributed by atoms with Gasteiger partial charge in [0.05, 0.1) is 6.42 Å². The molecule has 3 nitrogen and oxygen atoms in total. The molecule has 1 amide bonds. The molecule has 0 spiro atoms. The lowest BCUT2D eigenvalue weighted by Crippen LogP contribution is -2.21. The van der Waals surface area contributed by atoms with Crippen LogP contribution in [0.1, 0.15) is 11.3 Å². The molecule has 3 heteroatoms. The molecule has 1 aromatic heterocycles. The minimum absolute atomic E-state index is 0.0428. The Hall–Kier alpha value is -2.55. The predicted octanol–water partition coefficient (Wildman–Crippen LogP) is 3.18. The Morgan fingerprint density at radius 2 is 1.80 bits per heavy atom. The number of aromatic nitrogens is 1. The number of nitrogens with zero attached hydrogens (tertiary/aromatic N) is 1. The summed E-state index contributed by atoms with van der Waals surface area (Å²) in [6.45, 7) is 0.791. The van der Waals surface area contributed by atoms with Gasteiger partial charge in [-0.2, -0.15) is 0 Å². The van der Waals surface area contributed by atoms with E-state index in [1.165, 1.54) is 10.9 Å². The zero-order chi connectivity index (χ0) is 13.5. The molecule has 3 aromatic rings. The summed E-state index contributed by atoms with van der Waals surface area (Å²) in [6, 6.07) is 18.4. The Balaban J connectivity index is 1.96. The molecule has 1 aliphatic heterocycles. The summed E-state index contributed by atoms with van der Waals surface area (Å²) in [6.07, 6.45) is 0.420. The van der Waals surface area contributed by atoms with Gasteiger partial charge in [-0.1, -0.05) is 36.4 Å². The number of carbonyl (C=O) groups excluding carboxylic acids is 1. The fourth-order valence-electron chi connectivity index (χ4n) is 2.91. The molecule has 0 radical (unpaired) electrons. The average Bonchev–Trinajstić information content (AvgIpc) is 2.76. The van der Waals surface area contributed by atoms with Crippen molar-refractivity contribution in [2.75, 3.05) is 5.32 Å². The standard InChI is InChI=1S/C17H14N2O/c20-17-10-14-9-12-5-2-4-8-16(12)19(14)11-13-6-1-3-7-15(13)18-17/h1-9H,10-11H2,(H,18,20). The lowest BCUT2D eigenvalue weighted by Gasteiger charge is -2.18. The molecule has 0 bridgehead atoms. The highest BCUT2D eigenvalue weighted by molar-refractivity contribution is 5.94. The first-order valence-corrected chi connectivity index (χ1v) is 6.76. The fraction of sp³-hybridized carbons (Fsp3) is 0.118.